The number of aliphatic hydroxyl groups excluding tert-OH is 1. The van der Waals surface area contributed by atoms with Crippen molar-refractivity contribution < 1.29 is 24.5 Å². The molecule has 6 nitrogen and oxygen atoms in total. The Labute approximate surface area is 118 Å². The molecule has 1 aromatic carbocycles. The molecule has 0 radical (unpaired) electrons. The summed E-state index contributed by atoms with van der Waals surface area (Å²) in [6.45, 7) is 1.03. The number of methoxy groups -OCH3 is 2. The first kappa shape index (κ1) is 16.3. The fourth-order valence-electron chi connectivity index (χ4n) is 1.58. The van der Waals surface area contributed by atoms with E-state index in [1.807, 2.05) is 0 Å². The van der Waals surface area contributed by atoms with Gasteiger partial charge in [0, 0.05) is 6.54 Å². The van der Waals surface area contributed by atoms with Gasteiger partial charge in [-0.05, 0) is 24.6 Å². The van der Waals surface area contributed by atoms with Gasteiger partial charge in [-0.25, -0.2) is 0 Å². The van der Waals surface area contributed by atoms with Gasteiger partial charge in [-0.3, -0.25) is 4.79 Å². The Morgan fingerprint density at radius 1 is 1.30 bits per heavy atom. The lowest BCUT2D eigenvalue weighted by atomic mass is 10.1. The predicted molar refractivity (Wildman–Crippen MR) is 74.0 cm³/mol. The third-order valence-electron chi connectivity index (χ3n) is 2.82. The second kappa shape index (κ2) is 7.12. The topological polar surface area (TPSA) is 88.0 Å². The minimum Gasteiger partial charge on any atom is -0.493 e. The molecule has 0 heterocycles. The molecule has 20 heavy (non-hydrogen) atoms. The minimum atomic E-state index is -1.31. The molecule has 1 atom stereocenters. The van der Waals surface area contributed by atoms with Gasteiger partial charge in [0.25, 0.3) is 0 Å². The molecule has 1 unspecified atom stereocenters. The molecule has 0 aromatic heterocycles. The number of amides is 1. The highest BCUT2D eigenvalue weighted by atomic mass is 16.5. The molecule has 0 bridgehead atoms. The quantitative estimate of drug-likeness (QED) is 0.661. The highest BCUT2D eigenvalue weighted by Crippen LogP contribution is 2.27. The average Bonchev–Trinajstić information content (AvgIpc) is 2.45. The van der Waals surface area contributed by atoms with E-state index in [4.69, 9.17) is 14.6 Å². The standard InChI is InChI=1S/C14H21NO5/c1-14(18,9-16)8-15-13(17)7-10-4-5-11(19-2)12(6-10)20-3/h4-6,16,18H,7-9H2,1-3H3,(H,15,17). The molecular weight excluding hydrogens is 262 g/mol. The van der Waals surface area contributed by atoms with Crippen molar-refractivity contribution in [1.29, 1.82) is 0 Å². The number of nitrogens with one attached hydrogen (secondary N) is 1. The van der Waals surface area contributed by atoms with Gasteiger partial charge < -0.3 is 25.0 Å². The highest BCUT2D eigenvalue weighted by molar-refractivity contribution is 5.78. The molecule has 1 rings (SSSR count). The molecule has 0 spiro atoms. The van der Waals surface area contributed by atoms with Crippen molar-refractivity contribution in [2.24, 2.45) is 0 Å². The SMILES string of the molecule is COc1ccc(CC(=O)NCC(C)(O)CO)cc1OC. The second-order valence-corrected chi connectivity index (χ2v) is 4.80. The van der Waals surface area contributed by atoms with Crippen LogP contribution in [0.5, 0.6) is 11.5 Å². The van der Waals surface area contributed by atoms with E-state index in [0.29, 0.717) is 11.5 Å². The molecule has 0 fully saturated rings. The lowest BCUT2D eigenvalue weighted by molar-refractivity contribution is -0.121. The summed E-state index contributed by atoms with van der Waals surface area (Å²) in [6.07, 6.45) is 0.155. The summed E-state index contributed by atoms with van der Waals surface area (Å²) < 4.78 is 10.3. The molecule has 0 saturated carbocycles. The van der Waals surface area contributed by atoms with E-state index in [0.717, 1.165) is 5.56 Å². The number of hydrogen-bond acceptors (Lipinski definition) is 5. The first-order valence-electron chi connectivity index (χ1n) is 6.22. The van der Waals surface area contributed by atoms with Crippen LogP contribution in [0.4, 0.5) is 0 Å². The Morgan fingerprint density at radius 3 is 2.50 bits per heavy atom. The molecule has 3 N–H and O–H groups in total. The molecule has 0 aliphatic heterocycles. The number of carbonyl (C=O) groups is 1. The third-order valence-corrected chi connectivity index (χ3v) is 2.82. The zero-order valence-electron chi connectivity index (χ0n) is 12.0. The number of carbonyl (C=O) groups excluding carboxylic acids is 1. The Morgan fingerprint density at radius 2 is 1.95 bits per heavy atom. The van der Waals surface area contributed by atoms with Crippen LogP contribution in [-0.2, 0) is 11.2 Å². The van der Waals surface area contributed by atoms with Gasteiger partial charge in [0.05, 0.1) is 27.2 Å². The van der Waals surface area contributed by atoms with E-state index >= 15 is 0 Å². The van der Waals surface area contributed by atoms with Gasteiger partial charge >= 0.3 is 0 Å². The molecule has 0 aliphatic rings. The molecule has 0 saturated heterocycles. The maximum Gasteiger partial charge on any atom is 0.224 e. The van der Waals surface area contributed by atoms with Crippen LogP contribution in [0.2, 0.25) is 0 Å². The molecule has 112 valence electrons. The van der Waals surface area contributed by atoms with Crippen LogP contribution in [0.3, 0.4) is 0 Å². The van der Waals surface area contributed by atoms with Gasteiger partial charge in [0.15, 0.2) is 11.5 Å². The molecule has 6 heteroatoms. The summed E-state index contributed by atoms with van der Waals surface area (Å²) >= 11 is 0. The van der Waals surface area contributed by atoms with Crippen LogP contribution < -0.4 is 14.8 Å². The third kappa shape index (κ3) is 4.71. The van der Waals surface area contributed by atoms with Gasteiger partial charge in [-0.2, -0.15) is 0 Å². The second-order valence-electron chi connectivity index (χ2n) is 4.80. The van der Waals surface area contributed by atoms with Crippen LogP contribution in [-0.4, -0.2) is 49.1 Å². The molecule has 1 aromatic rings. The van der Waals surface area contributed by atoms with Crippen molar-refractivity contribution in [3.8, 4) is 11.5 Å². The number of hydrogen-bond donors (Lipinski definition) is 3. The van der Waals surface area contributed by atoms with E-state index in [1.54, 1.807) is 25.3 Å². The summed E-state index contributed by atoms with van der Waals surface area (Å²) in [7, 11) is 3.07. The Balaban J connectivity index is 2.62. The normalized spacial score (nSPS) is 13.4. The van der Waals surface area contributed by atoms with E-state index in [9.17, 15) is 9.90 Å². The maximum absolute atomic E-state index is 11.8. The lowest BCUT2D eigenvalue weighted by Gasteiger charge is -2.20. The average molecular weight is 283 g/mol. The summed E-state index contributed by atoms with van der Waals surface area (Å²) in [5.74, 6) is 0.908. The fourth-order valence-corrected chi connectivity index (χ4v) is 1.58. The summed E-state index contributed by atoms with van der Waals surface area (Å²) in [4.78, 5) is 11.8. The minimum absolute atomic E-state index is 0.00434. The van der Waals surface area contributed by atoms with E-state index in [1.165, 1.54) is 14.0 Å². The van der Waals surface area contributed by atoms with Crippen molar-refractivity contribution in [2.75, 3.05) is 27.4 Å². The lowest BCUT2D eigenvalue weighted by Crippen LogP contribution is -2.43. The number of rotatable bonds is 7. The van der Waals surface area contributed by atoms with Gasteiger partial charge in [-0.1, -0.05) is 6.07 Å². The van der Waals surface area contributed by atoms with Crippen molar-refractivity contribution in [2.45, 2.75) is 18.9 Å². The fraction of sp³-hybridized carbons (Fsp3) is 0.500. The smallest absolute Gasteiger partial charge is 0.224 e. The van der Waals surface area contributed by atoms with Crippen LogP contribution >= 0.6 is 0 Å². The van der Waals surface area contributed by atoms with Crippen LogP contribution in [0, 0.1) is 0 Å². The van der Waals surface area contributed by atoms with Crippen LogP contribution in [0.15, 0.2) is 18.2 Å². The highest BCUT2D eigenvalue weighted by Gasteiger charge is 2.19. The summed E-state index contributed by atoms with van der Waals surface area (Å²) in [5, 5.41) is 21.0. The first-order chi connectivity index (χ1) is 9.41. The zero-order chi connectivity index (χ0) is 15.2. The van der Waals surface area contributed by atoms with Crippen molar-refractivity contribution >= 4 is 5.91 Å². The van der Waals surface area contributed by atoms with E-state index < -0.39 is 12.2 Å². The van der Waals surface area contributed by atoms with Gasteiger partial charge in [0.1, 0.15) is 5.60 Å². The summed E-state index contributed by atoms with van der Waals surface area (Å²) in [5.41, 5.74) is -0.545. The number of aliphatic hydroxyl groups is 2. The van der Waals surface area contributed by atoms with Crippen molar-refractivity contribution in [3.63, 3.8) is 0 Å². The first-order valence-corrected chi connectivity index (χ1v) is 6.22. The largest absolute Gasteiger partial charge is 0.493 e. The van der Waals surface area contributed by atoms with Crippen LogP contribution in [0.25, 0.3) is 0 Å². The van der Waals surface area contributed by atoms with Crippen molar-refractivity contribution in [1.82, 2.24) is 5.32 Å². The molecule has 1 amide bonds. The Kier molecular flexibility index (Phi) is 5.79. The van der Waals surface area contributed by atoms with Gasteiger partial charge in [0.2, 0.25) is 5.91 Å². The number of ether oxygens (including phenoxy) is 2. The van der Waals surface area contributed by atoms with Gasteiger partial charge in [-0.15, -0.1) is 0 Å². The molecule has 0 aliphatic carbocycles. The Bertz CT molecular complexity index is 459. The predicted octanol–water partition coefficient (Wildman–Crippen LogP) is 0.106. The zero-order valence-corrected chi connectivity index (χ0v) is 12.0. The van der Waals surface area contributed by atoms with E-state index in [-0.39, 0.29) is 18.9 Å². The van der Waals surface area contributed by atoms with E-state index in [2.05, 4.69) is 5.32 Å². The maximum atomic E-state index is 11.8. The van der Waals surface area contributed by atoms with Crippen LogP contribution in [0.1, 0.15) is 12.5 Å². The monoisotopic (exact) mass is 283 g/mol. The van der Waals surface area contributed by atoms with Crippen molar-refractivity contribution in [3.05, 3.63) is 23.8 Å². The molecular formula is C14H21NO5. The number of benzene rings is 1. The summed E-state index contributed by atoms with van der Waals surface area (Å²) in [6, 6.07) is 5.22. The Hall–Kier alpha value is -1.79.